The first-order chi connectivity index (χ1) is 15.4. The molecule has 3 aromatic rings. The quantitative estimate of drug-likeness (QED) is 0.556. The molecule has 0 N–H and O–H groups in total. The van der Waals surface area contributed by atoms with Gasteiger partial charge in [-0.2, -0.15) is 0 Å². The first kappa shape index (κ1) is 22.1. The number of hydrogen-bond acceptors (Lipinski definition) is 5. The first-order valence-electron chi connectivity index (χ1n) is 11.2. The molecule has 1 fully saturated rings. The van der Waals surface area contributed by atoms with Crippen LogP contribution in [0.4, 0.5) is 5.88 Å². The van der Waals surface area contributed by atoms with Crippen molar-refractivity contribution in [3.63, 3.8) is 0 Å². The number of morpholine rings is 1. The molecule has 2 heterocycles. The summed E-state index contributed by atoms with van der Waals surface area (Å²) in [4.78, 5) is 17.5. The van der Waals surface area contributed by atoms with Crippen LogP contribution in [0, 0.1) is 13.8 Å². The van der Waals surface area contributed by atoms with Crippen LogP contribution in [0.5, 0.6) is 0 Å². The Morgan fingerprint density at radius 3 is 2.44 bits per heavy atom. The fraction of sp³-hybridized carbons (Fsp3) is 0.385. The second-order valence-corrected chi connectivity index (χ2v) is 8.68. The molecule has 0 aliphatic carbocycles. The van der Waals surface area contributed by atoms with Crippen molar-refractivity contribution in [2.45, 2.75) is 40.3 Å². The van der Waals surface area contributed by atoms with Crippen LogP contribution in [-0.2, 0) is 11.3 Å². The van der Waals surface area contributed by atoms with Crippen LogP contribution in [0.3, 0.4) is 0 Å². The van der Waals surface area contributed by atoms with Gasteiger partial charge in [0.1, 0.15) is 5.69 Å². The van der Waals surface area contributed by atoms with Gasteiger partial charge in [-0.15, -0.1) is 0 Å². The van der Waals surface area contributed by atoms with Gasteiger partial charge in [0.25, 0.3) is 5.91 Å². The Bertz CT molecular complexity index is 1070. The fourth-order valence-electron chi connectivity index (χ4n) is 4.00. The lowest BCUT2D eigenvalue weighted by Gasteiger charge is -2.30. The van der Waals surface area contributed by atoms with Gasteiger partial charge < -0.3 is 19.1 Å². The maximum absolute atomic E-state index is 13.5. The number of ether oxygens (including phenoxy) is 1. The van der Waals surface area contributed by atoms with Gasteiger partial charge in [0.05, 0.1) is 25.3 Å². The molecule has 2 aromatic carbocycles. The summed E-state index contributed by atoms with van der Waals surface area (Å²) in [6, 6.07) is 16.0. The molecule has 6 nitrogen and oxygen atoms in total. The summed E-state index contributed by atoms with van der Waals surface area (Å²) >= 11 is 0. The minimum atomic E-state index is 0.00400. The Morgan fingerprint density at radius 2 is 1.78 bits per heavy atom. The molecule has 32 heavy (non-hydrogen) atoms. The molecule has 1 aromatic heterocycles. The molecule has 0 saturated carbocycles. The van der Waals surface area contributed by atoms with Crippen molar-refractivity contribution in [3.8, 4) is 11.3 Å². The normalized spacial score (nSPS) is 14.1. The van der Waals surface area contributed by atoms with Gasteiger partial charge in [-0.05, 0) is 45.9 Å². The monoisotopic (exact) mass is 433 g/mol. The van der Waals surface area contributed by atoms with Gasteiger partial charge in [0, 0.05) is 30.3 Å². The maximum atomic E-state index is 13.5. The summed E-state index contributed by atoms with van der Waals surface area (Å²) in [5, 5.41) is 4.46. The number of anilines is 1. The third-order valence-corrected chi connectivity index (χ3v) is 5.87. The zero-order chi connectivity index (χ0) is 22.7. The molecule has 0 atom stereocenters. The predicted molar refractivity (Wildman–Crippen MR) is 126 cm³/mol. The van der Waals surface area contributed by atoms with Gasteiger partial charge >= 0.3 is 0 Å². The molecule has 0 radical (unpaired) electrons. The summed E-state index contributed by atoms with van der Waals surface area (Å²) in [5.74, 6) is 0.733. The van der Waals surface area contributed by atoms with E-state index >= 15 is 0 Å². The Balaban J connectivity index is 1.74. The van der Waals surface area contributed by atoms with Crippen molar-refractivity contribution >= 4 is 11.8 Å². The number of nitrogens with zero attached hydrogens (tertiary/aromatic N) is 3. The summed E-state index contributed by atoms with van der Waals surface area (Å²) in [7, 11) is 0. The van der Waals surface area contributed by atoms with Crippen LogP contribution in [0.2, 0.25) is 0 Å². The number of aromatic nitrogens is 1. The number of carbonyl (C=O) groups is 1. The Labute approximate surface area is 189 Å². The van der Waals surface area contributed by atoms with Crippen LogP contribution in [-0.4, -0.2) is 48.3 Å². The lowest BCUT2D eigenvalue weighted by Crippen LogP contribution is -2.39. The highest BCUT2D eigenvalue weighted by molar-refractivity contribution is 5.94. The summed E-state index contributed by atoms with van der Waals surface area (Å²) in [6.45, 7) is 11.4. The SMILES string of the molecule is Cc1ccc(C(=O)N(Cc2c(-c3cccc(C)c3)noc2N2CCOCC2)C(C)C)cc1. The minimum absolute atomic E-state index is 0.00400. The summed E-state index contributed by atoms with van der Waals surface area (Å²) in [6.07, 6.45) is 0. The van der Waals surface area contributed by atoms with Crippen molar-refractivity contribution in [1.82, 2.24) is 10.1 Å². The van der Waals surface area contributed by atoms with E-state index in [1.165, 1.54) is 0 Å². The van der Waals surface area contributed by atoms with Crippen molar-refractivity contribution in [3.05, 3.63) is 70.8 Å². The highest BCUT2D eigenvalue weighted by atomic mass is 16.5. The number of rotatable bonds is 6. The molecule has 1 aliphatic heterocycles. The molecule has 6 heteroatoms. The predicted octanol–water partition coefficient (Wildman–Crippen LogP) is 4.85. The van der Waals surface area contributed by atoms with E-state index in [0.717, 1.165) is 46.9 Å². The van der Waals surface area contributed by atoms with Crippen LogP contribution in [0.25, 0.3) is 11.3 Å². The van der Waals surface area contributed by atoms with Gasteiger partial charge in [-0.1, -0.05) is 46.6 Å². The molecule has 0 bridgehead atoms. The number of aryl methyl sites for hydroxylation is 2. The van der Waals surface area contributed by atoms with Crippen LogP contribution >= 0.6 is 0 Å². The third kappa shape index (κ3) is 4.70. The van der Waals surface area contributed by atoms with Gasteiger partial charge in [0.15, 0.2) is 0 Å². The lowest BCUT2D eigenvalue weighted by atomic mass is 10.0. The van der Waals surface area contributed by atoms with E-state index in [2.05, 4.69) is 29.1 Å². The highest BCUT2D eigenvalue weighted by Crippen LogP contribution is 2.34. The summed E-state index contributed by atoms with van der Waals surface area (Å²) in [5.41, 5.74) is 5.69. The van der Waals surface area contributed by atoms with Gasteiger partial charge in [-0.3, -0.25) is 4.79 Å². The minimum Gasteiger partial charge on any atom is -0.378 e. The molecule has 168 valence electrons. The standard InChI is InChI=1S/C26H31N3O3/c1-18(2)29(25(30)21-10-8-19(3)9-11-21)17-23-24(22-7-5-6-20(4)16-22)27-32-26(23)28-12-14-31-15-13-28/h5-11,16,18H,12-15,17H2,1-4H3. The molecule has 1 aliphatic rings. The van der Waals surface area contributed by atoms with Crippen molar-refractivity contribution in [2.24, 2.45) is 0 Å². The number of amides is 1. The topological polar surface area (TPSA) is 58.8 Å². The Hall–Kier alpha value is -3.12. The average molecular weight is 434 g/mol. The number of carbonyl (C=O) groups excluding carboxylic acids is 1. The molecule has 0 spiro atoms. The smallest absolute Gasteiger partial charge is 0.254 e. The molecule has 4 rings (SSSR count). The van der Waals surface area contributed by atoms with E-state index in [9.17, 15) is 4.79 Å². The first-order valence-corrected chi connectivity index (χ1v) is 11.2. The molecular weight excluding hydrogens is 402 g/mol. The molecule has 0 unspecified atom stereocenters. The van der Waals surface area contributed by atoms with E-state index in [0.29, 0.717) is 25.3 Å². The van der Waals surface area contributed by atoms with E-state index in [4.69, 9.17) is 9.26 Å². The van der Waals surface area contributed by atoms with Gasteiger partial charge in [0.2, 0.25) is 5.88 Å². The van der Waals surface area contributed by atoms with Crippen molar-refractivity contribution in [2.75, 3.05) is 31.2 Å². The zero-order valence-corrected chi connectivity index (χ0v) is 19.3. The highest BCUT2D eigenvalue weighted by Gasteiger charge is 2.28. The van der Waals surface area contributed by atoms with E-state index in [1.54, 1.807) is 0 Å². The van der Waals surface area contributed by atoms with Crippen LogP contribution < -0.4 is 4.90 Å². The Morgan fingerprint density at radius 1 is 1.06 bits per heavy atom. The van der Waals surface area contributed by atoms with E-state index < -0.39 is 0 Å². The second kappa shape index (κ2) is 9.57. The van der Waals surface area contributed by atoms with Crippen LogP contribution in [0.15, 0.2) is 53.1 Å². The van der Waals surface area contributed by atoms with E-state index in [1.807, 2.05) is 62.1 Å². The molecule has 1 saturated heterocycles. The number of hydrogen-bond donors (Lipinski definition) is 0. The van der Waals surface area contributed by atoms with Crippen molar-refractivity contribution in [1.29, 1.82) is 0 Å². The van der Waals surface area contributed by atoms with Crippen molar-refractivity contribution < 1.29 is 14.1 Å². The van der Waals surface area contributed by atoms with Crippen LogP contribution in [0.1, 0.15) is 40.9 Å². The largest absolute Gasteiger partial charge is 0.378 e. The molecule has 1 amide bonds. The zero-order valence-electron chi connectivity index (χ0n) is 19.3. The van der Waals surface area contributed by atoms with Gasteiger partial charge in [-0.25, -0.2) is 0 Å². The third-order valence-electron chi connectivity index (χ3n) is 5.87. The Kier molecular flexibility index (Phi) is 6.61. The average Bonchev–Trinajstić information content (AvgIpc) is 3.21. The second-order valence-electron chi connectivity index (χ2n) is 8.68. The van der Waals surface area contributed by atoms with E-state index in [-0.39, 0.29) is 11.9 Å². The molecular formula is C26H31N3O3. The maximum Gasteiger partial charge on any atom is 0.254 e. The fourth-order valence-corrected chi connectivity index (χ4v) is 4.00. The lowest BCUT2D eigenvalue weighted by molar-refractivity contribution is 0.0690. The summed E-state index contributed by atoms with van der Waals surface area (Å²) < 4.78 is 11.4. The number of benzene rings is 2.